The minimum atomic E-state index is 0.630. The van der Waals surface area contributed by atoms with Crippen molar-refractivity contribution in [2.45, 2.75) is 13.0 Å². The van der Waals surface area contributed by atoms with Crippen molar-refractivity contribution in [2.24, 2.45) is 0 Å². The van der Waals surface area contributed by atoms with Gasteiger partial charge < -0.3 is 14.2 Å². The summed E-state index contributed by atoms with van der Waals surface area (Å²) in [7, 11) is 1.70. The molecule has 0 amide bonds. The van der Waals surface area contributed by atoms with E-state index in [4.69, 9.17) is 14.2 Å². The fraction of sp³-hybridized carbons (Fsp3) is 0.333. The van der Waals surface area contributed by atoms with Crippen LogP contribution in [0.25, 0.3) is 5.57 Å². The third-order valence-electron chi connectivity index (χ3n) is 4.80. The lowest BCUT2D eigenvalue weighted by atomic mass is 9.99. The van der Waals surface area contributed by atoms with Crippen LogP contribution >= 0.6 is 0 Å². The molecule has 0 unspecified atom stereocenters. The van der Waals surface area contributed by atoms with Gasteiger partial charge in [0.05, 0.1) is 7.11 Å². The Bertz CT molecular complexity index is 767. The van der Waals surface area contributed by atoms with Crippen molar-refractivity contribution in [1.82, 2.24) is 4.90 Å². The Labute approximate surface area is 148 Å². The van der Waals surface area contributed by atoms with E-state index in [1.807, 2.05) is 24.3 Å². The summed E-state index contributed by atoms with van der Waals surface area (Å²) in [6.07, 6.45) is 3.39. The van der Waals surface area contributed by atoms with E-state index >= 15 is 0 Å². The molecule has 0 fully saturated rings. The van der Waals surface area contributed by atoms with Crippen molar-refractivity contribution in [3.05, 3.63) is 59.7 Å². The summed E-state index contributed by atoms with van der Waals surface area (Å²) in [5.41, 5.74) is 3.90. The summed E-state index contributed by atoms with van der Waals surface area (Å²) >= 11 is 0. The summed E-state index contributed by atoms with van der Waals surface area (Å²) in [5.74, 6) is 2.69. The average Bonchev–Trinajstić information content (AvgIpc) is 2.69. The zero-order valence-corrected chi connectivity index (χ0v) is 14.5. The third-order valence-corrected chi connectivity index (χ3v) is 4.80. The van der Waals surface area contributed by atoms with Crippen LogP contribution in [-0.2, 0) is 6.54 Å². The maximum atomic E-state index is 5.83. The van der Waals surface area contributed by atoms with Gasteiger partial charge in [-0.1, -0.05) is 30.3 Å². The standard InChI is InChI=1S/C21H23NO3/c1-23-19-7-5-16(6-8-19)17-9-11-22(12-10-17)15-18-3-2-4-20-21(18)25-14-13-24-20/h2-9H,10-15H2,1H3. The van der Waals surface area contributed by atoms with E-state index in [0.29, 0.717) is 13.2 Å². The van der Waals surface area contributed by atoms with Gasteiger partial charge in [-0.15, -0.1) is 0 Å². The Hall–Kier alpha value is -2.46. The first-order chi connectivity index (χ1) is 12.3. The Kier molecular flexibility index (Phi) is 4.61. The fourth-order valence-corrected chi connectivity index (χ4v) is 3.42. The fourth-order valence-electron chi connectivity index (χ4n) is 3.42. The molecular weight excluding hydrogens is 314 g/mol. The van der Waals surface area contributed by atoms with Gasteiger partial charge in [-0.2, -0.15) is 0 Å². The van der Waals surface area contributed by atoms with Crippen molar-refractivity contribution in [2.75, 3.05) is 33.4 Å². The van der Waals surface area contributed by atoms with Gasteiger partial charge in [-0.3, -0.25) is 4.90 Å². The largest absolute Gasteiger partial charge is 0.497 e. The molecular formula is C21H23NO3. The van der Waals surface area contributed by atoms with Crippen LogP contribution in [0.4, 0.5) is 0 Å². The summed E-state index contributed by atoms with van der Waals surface area (Å²) in [6, 6.07) is 14.5. The molecule has 0 spiro atoms. The number of fused-ring (bicyclic) bond motifs is 1. The molecule has 0 saturated carbocycles. The SMILES string of the molecule is COc1ccc(C2=CCN(Cc3cccc4c3OCCO4)CC2)cc1. The molecule has 4 heteroatoms. The van der Waals surface area contributed by atoms with Gasteiger partial charge in [0.1, 0.15) is 19.0 Å². The quantitative estimate of drug-likeness (QED) is 0.850. The summed E-state index contributed by atoms with van der Waals surface area (Å²) in [6.45, 7) is 4.15. The van der Waals surface area contributed by atoms with Gasteiger partial charge in [0, 0.05) is 25.2 Å². The summed E-state index contributed by atoms with van der Waals surface area (Å²) < 4.78 is 16.7. The molecule has 0 aliphatic carbocycles. The highest BCUT2D eigenvalue weighted by atomic mass is 16.6. The number of nitrogens with zero attached hydrogens (tertiary/aromatic N) is 1. The van der Waals surface area contributed by atoms with Crippen LogP contribution < -0.4 is 14.2 Å². The second-order valence-electron chi connectivity index (χ2n) is 6.38. The highest BCUT2D eigenvalue weighted by Gasteiger charge is 2.19. The van der Waals surface area contributed by atoms with E-state index in [0.717, 1.165) is 43.3 Å². The molecule has 0 saturated heterocycles. The third kappa shape index (κ3) is 3.49. The Morgan fingerprint density at radius 3 is 2.64 bits per heavy atom. The maximum absolute atomic E-state index is 5.83. The van der Waals surface area contributed by atoms with E-state index in [2.05, 4.69) is 29.2 Å². The molecule has 0 N–H and O–H groups in total. The molecule has 2 aliphatic rings. The number of para-hydroxylation sites is 1. The van der Waals surface area contributed by atoms with Crippen LogP contribution in [0.5, 0.6) is 17.2 Å². The minimum Gasteiger partial charge on any atom is -0.497 e. The molecule has 4 rings (SSSR count). The molecule has 0 radical (unpaired) electrons. The van der Waals surface area contributed by atoms with Gasteiger partial charge in [0.2, 0.25) is 0 Å². The number of methoxy groups -OCH3 is 1. The van der Waals surface area contributed by atoms with Crippen LogP contribution in [0.1, 0.15) is 17.5 Å². The smallest absolute Gasteiger partial charge is 0.165 e. The molecule has 0 bridgehead atoms. The summed E-state index contributed by atoms with van der Waals surface area (Å²) in [4.78, 5) is 2.45. The van der Waals surface area contributed by atoms with Gasteiger partial charge in [-0.25, -0.2) is 0 Å². The Balaban J connectivity index is 1.44. The van der Waals surface area contributed by atoms with Crippen LogP contribution in [0.3, 0.4) is 0 Å². The second kappa shape index (κ2) is 7.19. The van der Waals surface area contributed by atoms with Gasteiger partial charge in [0.25, 0.3) is 0 Å². The Morgan fingerprint density at radius 2 is 1.88 bits per heavy atom. The van der Waals surface area contributed by atoms with E-state index < -0.39 is 0 Å². The summed E-state index contributed by atoms with van der Waals surface area (Å²) in [5, 5.41) is 0. The first kappa shape index (κ1) is 16.0. The van der Waals surface area contributed by atoms with Crippen molar-refractivity contribution in [1.29, 1.82) is 0 Å². The number of benzene rings is 2. The normalized spacial score (nSPS) is 17.1. The molecule has 4 nitrogen and oxygen atoms in total. The second-order valence-corrected chi connectivity index (χ2v) is 6.38. The van der Waals surface area contributed by atoms with E-state index in [-0.39, 0.29) is 0 Å². The highest BCUT2D eigenvalue weighted by Crippen LogP contribution is 2.35. The predicted octanol–water partition coefficient (Wildman–Crippen LogP) is 3.76. The minimum absolute atomic E-state index is 0.630. The molecule has 2 heterocycles. The topological polar surface area (TPSA) is 30.9 Å². The first-order valence-corrected chi connectivity index (χ1v) is 8.77. The van der Waals surface area contributed by atoms with E-state index in [1.165, 1.54) is 16.7 Å². The van der Waals surface area contributed by atoms with Gasteiger partial charge in [0.15, 0.2) is 11.5 Å². The molecule has 2 aromatic rings. The monoisotopic (exact) mass is 337 g/mol. The van der Waals surface area contributed by atoms with E-state index in [1.54, 1.807) is 7.11 Å². The highest BCUT2D eigenvalue weighted by molar-refractivity contribution is 5.67. The van der Waals surface area contributed by atoms with Crippen LogP contribution in [-0.4, -0.2) is 38.3 Å². The molecule has 0 atom stereocenters. The van der Waals surface area contributed by atoms with E-state index in [9.17, 15) is 0 Å². The zero-order valence-electron chi connectivity index (χ0n) is 14.5. The lowest BCUT2D eigenvalue weighted by molar-refractivity contribution is 0.167. The zero-order chi connectivity index (χ0) is 17.1. The molecule has 130 valence electrons. The van der Waals surface area contributed by atoms with Crippen molar-refractivity contribution in [3.63, 3.8) is 0 Å². The molecule has 2 aliphatic heterocycles. The number of hydrogen-bond donors (Lipinski definition) is 0. The van der Waals surface area contributed by atoms with Crippen LogP contribution in [0.15, 0.2) is 48.5 Å². The van der Waals surface area contributed by atoms with Crippen molar-refractivity contribution < 1.29 is 14.2 Å². The number of hydrogen-bond acceptors (Lipinski definition) is 4. The lowest BCUT2D eigenvalue weighted by Gasteiger charge is -2.28. The number of ether oxygens (including phenoxy) is 3. The Morgan fingerprint density at radius 1 is 1.04 bits per heavy atom. The number of rotatable bonds is 4. The van der Waals surface area contributed by atoms with Gasteiger partial charge >= 0.3 is 0 Å². The molecule has 25 heavy (non-hydrogen) atoms. The van der Waals surface area contributed by atoms with Gasteiger partial charge in [-0.05, 0) is 35.8 Å². The maximum Gasteiger partial charge on any atom is 0.165 e. The van der Waals surface area contributed by atoms with Crippen molar-refractivity contribution in [3.8, 4) is 17.2 Å². The van der Waals surface area contributed by atoms with Crippen LogP contribution in [0.2, 0.25) is 0 Å². The lowest BCUT2D eigenvalue weighted by Crippen LogP contribution is -2.28. The first-order valence-electron chi connectivity index (χ1n) is 8.77. The predicted molar refractivity (Wildman–Crippen MR) is 98.3 cm³/mol. The molecule has 0 aromatic heterocycles. The van der Waals surface area contributed by atoms with Crippen LogP contribution in [0, 0.1) is 0 Å². The average molecular weight is 337 g/mol. The van der Waals surface area contributed by atoms with Crippen molar-refractivity contribution >= 4 is 5.57 Å². The molecule has 2 aromatic carbocycles.